The number of para-hydroxylation sites is 1. The number of rotatable bonds is 4. The number of benzene rings is 1. The molecule has 0 aliphatic heterocycles. The molecule has 2 aromatic rings. The average Bonchev–Trinajstić information content (AvgIpc) is 2.74. The summed E-state index contributed by atoms with van der Waals surface area (Å²) in [5.74, 6) is 0.688. The summed E-state index contributed by atoms with van der Waals surface area (Å²) < 4.78 is 11.4. The van der Waals surface area contributed by atoms with Crippen molar-refractivity contribution in [3.05, 3.63) is 52.4 Å². The first-order valence-corrected chi connectivity index (χ1v) is 6.55. The summed E-state index contributed by atoms with van der Waals surface area (Å²) in [7, 11) is 0. The van der Waals surface area contributed by atoms with Crippen molar-refractivity contribution in [1.29, 1.82) is 0 Å². The molecule has 0 saturated heterocycles. The number of ether oxygens (including phenoxy) is 1. The predicted octanol–water partition coefficient (Wildman–Crippen LogP) is 3.91. The highest BCUT2D eigenvalue weighted by atomic mass is 79.9. The van der Waals surface area contributed by atoms with Crippen LogP contribution in [0.3, 0.4) is 0 Å². The van der Waals surface area contributed by atoms with E-state index in [1.807, 2.05) is 38.1 Å². The Bertz CT molecular complexity index is 519. The van der Waals surface area contributed by atoms with Gasteiger partial charge < -0.3 is 14.3 Å². The Morgan fingerprint density at radius 2 is 1.89 bits per heavy atom. The molecule has 0 fully saturated rings. The van der Waals surface area contributed by atoms with Gasteiger partial charge in [0.1, 0.15) is 11.9 Å². The number of hydrogen-bond donors (Lipinski definition) is 1. The van der Waals surface area contributed by atoms with Gasteiger partial charge in [0.25, 0.3) is 0 Å². The lowest BCUT2D eigenvalue weighted by atomic mass is 10.0. The highest BCUT2D eigenvalue weighted by Gasteiger charge is 2.19. The van der Waals surface area contributed by atoms with Crippen LogP contribution in [0, 0.1) is 0 Å². The molecule has 0 saturated carbocycles. The molecule has 0 spiro atoms. The molecule has 0 aliphatic carbocycles. The Morgan fingerprint density at radius 1 is 1.17 bits per heavy atom. The van der Waals surface area contributed by atoms with E-state index in [2.05, 4.69) is 15.9 Å². The Hall–Kier alpha value is -1.26. The van der Waals surface area contributed by atoms with E-state index in [0.717, 1.165) is 5.56 Å². The van der Waals surface area contributed by atoms with Crippen molar-refractivity contribution in [2.45, 2.75) is 26.1 Å². The third-order valence-corrected chi connectivity index (χ3v) is 3.16. The lowest BCUT2D eigenvalue weighted by Gasteiger charge is -2.17. The van der Waals surface area contributed by atoms with Crippen LogP contribution in [0.15, 0.2) is 45.7 Å². The molecule has 1 N–H and O–H groups in total. The summed E-state index contributed by atoms with van der Waals surface area (Å²) in [6.45, 7) is 3.91. The molecule has 4 heteroatoms. The maximum absolute atomic E-state index is 10.4. The largest absolute Gasteiger partial charge is 0.491 e. The first kappa shape index (κ1) is 13.2. The summed E-state index contributed by atoms with van der Waals surface area (Å²) in [5, 5.41) is 10.4. The van der Waals surface area contributed by atoms with Crippen molar-refractivity contribution in [2.75, 3.05) is 0 Å². The molecule has 1 heterocycles. The zero-order valence-corrected chi connectivity index (χ0v) is 11.8. The molecule has 0 amide bonds. The van der Waals surface area contributed by atoms with Crippen LogP contribution in [0.4, 0.5) is 0 Å². The van der Waals surface area contributed by atoms with Gasteiger partial charge in [-0.1, -0.05) is 18.2 Å². The minimum Gasteiger partial charge on any atom is -0.491 e. The maximum atomic E-state index is 10.4. The normalized spacial score (nSPS) is 12.7. The molecule has 0 bridgehead atoms. The minimum absolute atomic E-state index is 0.0612. The van der Waals surface area contributed by atoms with E-state index >= 15 is 0 Å². The zero-order chi connectivity index (χ0) is 13.1. The maximum Gasteiger partial charge on any atom is 0.175 e. The van der Waals surface area contributed by atoms with E-state index in [9.17, 15) is 5.11 Å². The highest BCUT2D eigenvalue weighted by molar-refractivity contribution is 9.10. The highest BCUT2D eigenvalue weighted by Crippen LogP contribution is 2.34. The van der Waals surface area contributed by atoms with Crippen molar-refractivity contribution in [3.8, 4) is 5.75 Å². The number of aliphatic hydroxyl groups is 1. The molecular formula is C14H15BrO3. The SMILES string of the molecule is CC(C)Oc1ccccc1C(O)c1ccoc1Br. The van der Waals surface area contributed by atoms with Crippen LogP contribution in [0.25, 0.3) is 0 Å². The number of hydrogen-bond acceptors (Lipinski definition) is 3. The first-order chi connectivity index (χ1) is 8.59. The van der Waals surface area contributed by atoms with Crippen molar-refractivity contribution in [1.82, 2.24) is 0 Å². The van der Waals surface area contributed by atoms with E-state index < -0.39 is 6.10 Å². The van der Waals surface area contributed by atoms with Crippen molar-refractivity contribution >= 4 is 15.9 Å². The zero-order valence-electron chi connectivity index (χ0n) is 10.3. The quantitative estimate of drug-likeness (QED) is 0.931. The van der Waals surface area contributed by atoms with Crippen LogP contribution in [-0.2, 0) is 0 Å². The van der Waals surface area contributed by atoms with Gasteiger partial charge in [0.15, 0.2) is 4.67 Å². The fraction of sp³-hybridized carbons (Fsp3) is 0.286. The van der Waals surface area contributed by atoms with Crippen molar-refractivity contribution in [3.63, 3.8) is 0 Å². The van der Waals surface area contributed by atoms with Gasteiger partial charge in [-0.3, -0.25) is 0 Å². The van der Waals surface area contributed by atoms with Crippen LogP contribution in [-0.4, -0.2) is 11.2 Å². The van der Waals surface area contributed by atoms with Gasteiger partial charge in [0.05, 0.1) is 12.4 Å². The first-order valence-electron chi connectivity index (χ1n) is 5.76. The third-order valence-electron chi connectivity index (χ3n) is 2.52. The standard InChI is InChI=1S/C14H15BrO3/c1-9(2)18-12-6-4-3-5-10(12)13(16)11-7-8-17-14(11)15/h3-9,13,16H,1-2H3. The number of halogens is 1. The summed E-state index contributed by atoms with van der Waals surface area (Å²) in [4.78, 5) is 0. The molecule has 0 aliphatic rings. The molecule has 1 atom stereocenters. The Labute approximate surface area is 115 Å². The van der Waals surface area contributed by atoms with Crippen LogP contribution >= 0.6 is 15.9 Å². The summed E-state index contributed by atoms with van der Waals surface area (Å²) >= 11 is 3.27. The third kappa shape index (κ3) is 2.76. The Balaban J connectivity index is 2.36. The smallest absolute Gasteiger partial charge is 0.175 e. The van der Waals surface area contributed by atoms with Crippen molar-refractivity contribution in [2.24, 2.45) is 0 Å². The minimum atomic E-state index is -0.770. The second kappa shape index (κ2) is 5.59. The fourth-order valence-corrected chi connectivity index (χ4v) is 2.19. The summed E-state index contributed by atoms with van der Waals surface area (Å²) in [6, 6.07) is 9.20. The summed E-state index contributed by atoms with van der Waals surface area (Å²) in [6.07, 6.45) is 0.827. The Morgan fingerprint density at radius 3 is 2.50 bits per heavy atom. The van der Waals surface area contributed by atoms with E-state index in [1.54, 1.807) is 6.07 Å². The van der Waals surface area contributed by atoms with E-state index in [0.29, 0.717) is 16.0 Å². The molecule has 96 valence electrons. The lowest BCUT2D eigenvalue weighted by Crippen LogP contribution is -2.09. The second-order valence-corrected chi connectivity index (χ2v) is 4.98. The molecule has 2 rings (SSSR count). The van der Waals surface area contributed by atoms with Gasteiger partial charge in [0, 0.05) is 11.1 Å². The van der Waals surface area contributed by atoms with Crippen LogP contribution in [0.5, 0.6) is 5.75 Å². The van der Waals surface area contributed by atoms with Crippen LogP contribution in [0.1, 0.15) is 31.1 Å². The molecule has 18 heavy (non-hydrogen) atoms. The van der Waals surface area contributed by atoms with Gasteiger partial charge in [0.2, 0.25) is 0 Å². The lowest BCUT2D eigenvalue weighted by molar-refractivity contribution is 0.196. The van der Waals surface area contributed by atoms with Gasteiger partial charge >= 0.3 is 0 Å². The molecule has 1 aromatic carbocycles. The van der Waals surface area contributed by atoms with E-state index in [4.69, 9.17) is 9.15 Å². The number of aliphatic hydroxyl groups excluding tert-OH is 1. The molecule has 1 unspecified atom stereocenters. The van der Waals surface area contributed by atoms with Crippen molar-refractivity contribution < 1.29 is 14.3 Å². The topological polar surface area (TPSA) is 42.6 Å². The molecule has 3 nitrogen and oxygen atoms in total. The second-order valence-electron chi connectivity index (χ2n) is 4.26. The average molecular weight is 311 g/mol. The van der Waals surface area contributed by atoms with E-state index in [1.165, 1.54) is 6.26 Å². The van der Waals surface area contributed by atoms with E-state index in [-0.39, 0.29) is 6.10 Å². The Kier molecular flexibility index (Phi) is 4.09. The summed E-state index contributed by atoms with van der Waals surface area (Å²) in [5.41, 5.74) is 1.42. The predicted molar refractivity (Wildman–Crippen MR) is 72.7 cm³/mol. The van der Waals surface area contributed by atoms with Gasteiger partial charge in [-0.25, -0.2) is 0 Å². The molecule has 1 aromatic heterocycles. The van der Waals surface area contributed by atoms with Crippen LogP contribution in [0.2, 0.25) is 0 Å². The van der Waals surface area contributed by atoms with Gasteiger partial charge in [-0.05, 0) is 41.9 Å². The molecular weight excluding hydrogens is 296 g/mol. The van der Waals surface area contributed by atoms with Gasteiger partial charge in [-0.15, -0.1) is 0 Å². The fourth-order valence-electron chi connectivity index (χ4n) is 1.73. The molecule has 0 radical (unpaired) electrons. The monoisotopic (exact) mass is 310 g/mol. The number of furan rings is 1. The van der Waals surface area contributed by atoms with Gasteiger partial charge in [-0.2, -0.15) is 0 Å². The van der Waals surface area contributed by atoms with Crippen LogP contribution < -0.4 is 4.74 Å².